The van der Waals surface area contributed by atoms with Crippen LogP contribution in [0.15, 0.2) is 18.2 Å². The Morgan fingerprint density at radius 1 is 1.20 bits per heavy atom. The lowest BCUT2D eigenvalue weighted by molar-refractivity contribution is -0.132. The molecule has 1 aliphatic rings. The van der Waals surface area contributed by atoms with E-state index in [2.05, 4.69) is 10.6 Å². The Kier molecular flexibility index (Phi) is 5.82. The molecular weight excluding hydrogens is 318 g/mol. The summed E-state index contributed by atoms with van der Waals surface area (Å²) < 4.78 is 0. The summed E-state index contributed by atoms with van der Waals surface area (Å²) in [4.78, 5) is 37.5. The first-order valence-electron chi connectivity index (χ1n) is 8.67. The van der Waals surface area contributed by atoms with Crippen LogP contribution in [-0.2, 0) is 9.59 Å². The van der Waals surface area contributed by atoms with Gasteiger partial charge in [0.2, 0.25) is 5.91 Å². The Hall–Kier alpha value is -2.37. The number of carbonyl (C=O) groups is 3. The summed E-state index contributed by atoms with van der Waals surface area (Å²) >= 11 is 0. The van der Waals surface area contributed by atoms with Crippen LogP contribution >= 0.6 is 0 Å². The zero-order valence-corrected chi connectivity index (χ0v) is 15.6. The van der Waals surface area contributed by atoms with Gasteiger partial charge in [0.15, 0.2) is 0 Å². The Morgan fingerprint density at radius 2 is 1.88 bits per heavy atom. The van der Waals surface area contributed by atoms with Crippen molar-refractivity contribution in [3.63, 3.8) is 0 Å². The molecule has 1 saturated heterocycles. The van der Waals surface area contributed by atoms with Gasteiger partial charge in [0.25, 0.3) is 5.91 Å². The van der Waals surface area contributed by atoms with Gasteiger partial charge in [-0.05, 0) is 49.8 Å². The number of amides is 4. The van der Waals surface area contributed by atoms with Gasteiger partial charge in [-0.3, -0.25) is 14.5 Å². The molecule has 2 N–H and O–H groups in total. The summed E-state index contributed by atoms with van der Waals surface area (Å²) in [7, 11) is 0. The van der Waals surface area contributed by atoms with Crippen molar-refractivity contribution < 1.29 is 14.4 Å². The molecular formula is C19H27N3O3. The van der Waals surface area contributed by atoms with Crippen LogP contribution in [-0.4, -0.2) is 35.3 Å². The van der Waals surface area contributed by atoms with Gasteiger partial charge in [-0.25, -0.2) is 4.79 Å². The van der Waals surface area contributed by atoms with E-state index in [0.29, 0.717) is 6.42 Å². The van der Waals surface area contributed by atoms with E-state index >= 15 is 0 Å². The van der Waals surface area contributed by atoms with Crippen molar-refractivity contribution in [1.82, 2.24) is 15.5 Å². The van der Waals surface area contributed by atoms with E-state index in [1.54, 1.807) is 0 Å². The van der Waals surface area contributed by atoms with Gasteiger partial charge in [0.05, 0.1) is 6.04 Å². The third-order valence-electron chi connectivity index (χ3n) is 4.52. The number of nitrogens with one attached hydrogen (secondary N) is 2. The molecule has 0 aliphatic carbocycles. The zero-order valence-electron chi connectivity index (χ0n) is 15.6. The van der Waals surface area contributed by atoms with Crippen LogP contribution in [0, 0.1) is 19.8 Å². The quantitative estimate of drug-likeness (QED) is 0.777. The van der Waals surface area contributed by atoms with Crippen molar-refractivity contribution in [3.8, 4) is 0 Å². The molecule has 2 rings (SSSR count). The van der Waals surface area contributed by atoms with Gasteiger partial charge in [-0.2, -0.15) is 0 Å². The lowest BCUT2D eigenvalue weighted by Gasteiger charge is -2.18. The minimum Gasteiger partial charge on any atom is -0.348 e. The number of hydrogen-bond acceptors (Lipinski definition) is 3. The number of urea groups is 1. The molecule has 2 atom stereocenters. The smallest absolute Gasteiger partial charge is 0.325 e. The molecule has 2 unspecified atom stereocenters. The SMILES string of the molecule is Cc1ccc(C(C)NC(=O)CN2C(=O)NC(CC(C)C)C2=O)cc1C. The summed E-state index contributed by atoms with van der Waals surface area (Å²) in [6, 6.07) is 4.80. The van der Waals surface area contributed by atoms with Crippen molar-refractivity contribution in [3.05, 3.63) is 34.9 Å². The molecule has 1 aromatic carbocycles. The predicted octanol–water partition coefficient (Wildman–Crippen LogP) is 2.45. The van der Waals surface area contributed by atoms with Crippen LogP contribution in [0.5, 0.6) is 0 Å². The van der Waals surface area contributed by atoms with Crippen LogP contribution in [0.25, 0.3) is 0 Å². The van der Waals surface area contributed by atoms with Crippen molar-refractivity contribution >= 4 is 17.8 Å². The fourth-order valence-electron chi connectivity index (χ4n) is 2.91. The van der Waals surface area contributed by atoms with E-state index in [1.807, 2.05) is 52.8 Å². The molecule has 6 heteroatoms. The van der Waals surface area contributed by atoms with Crippen LogP contribution in [0.4, 0.5) is 4.79 Å². The normalized spacial score (nSPS) is 18.5. The van der Waals surface area contributed by atoms with E-state index < -0.39 is 12.1 Å². The van der Waals surface area contributed by atoms with E-state index in [1.165, 1.54) is 5.56 Å². The van der Waals surface area contributed by atoms with E-state index in [9.17, 15) is 14.4 Å². The minimum absolute atomic E-state index is 0.195. The lowest BCUT2D eigenvalue weighted by Crippen LogP contribution is -2.41. The summed E-state index contributed by atoms with van der Waals surface area (Å²) in [6.45, 7) is 9.66. The molecule has 25 heavy (non-hydrogen) atoms. The van der Waals surface area contributed by atoms with Crippen LogP contribution < -0.4 is 10.6 Å². The number of aryl methyl sites for hydroxylation is 2. The molecule has 0 saturated carbocycles. The first-order chi connectivity index (χ1) is 11.7. The second-order valence-electron chi connectivity index (χ2n) is 7.19. The molecule has 0 radical (unpaired) electrons. The van der Waals surface area contributed by atoms with E-state index in [0.717, 1.165) is 16.0 Å². The first kappa shape index (κ1) is 19.0. The van der Waals surface area contributed by atoms with Gasteiger partial charge in [0.1, 0.15) is 12.6 Å². The molecule has 0 bridgehead atoms. The number of rotatable bonds is 6. The second-order valence-corrected chi connectivity index (χ2v) is 7.19. The minimum atomic E-state index is -0.530. The summed E-state index contributed by atoms with van der Waals surface area (Å²) in [5, 5.41) is 5.50. The Morgan fingerprint density at radius 3 is 2.48 bits per heavy atom. The Bertz CT molecular complexity index is 684. The molecule has 0 spiro atoms. The van der Waals surface area contributed by atoms with Crippen molar-refractivity contribution in [2.75, 3.05) is 6.54 Å². The first-order valence-corrected chi connectivity index (χ1v) is 8.67. The van der Waals surface area contributed by atoms with E-state index in [-0.39, 0.29) is 30.3 Å². The maximum atomic E-state index is 12.3. The number of imide groups is 1. The standard InChI is InChI=1S/C19H27N3O3/c1-11(2)8-16-18(24)22(19(25)21-16)10-17(23)20-14(5)15-7-6-12(3)13(4)9-15/h6-7,9,11,14,16H,8,10H2,1-5H3,(H,20,23)(H,21,25). The topological polar surface area (TPSA) is 78.5 Å². The maximum Gasteiger partial charge on any atom is 0.325 e. The zero-order chi connectivity index (χ0) is 18.7. The number of hydrogen-bond donors (Lipinski definition) is 2. The van der Waals surface area contributed by atoms with Crippen LogP contribution in [0.3, 0.4) is 0 Å². The summed E-state index contributed by atoms with van der Waals surface area (Å²) in [5.41, 5.74) is 3.34. The molecule has 1 aliphatic heterocycles. The highest BCUT2D eigenvalue weighted by atomic mass is 16.2. The van der Waals surface area contributed by atoms with E-state index in [4.69, 9.17) is 0 Å². The largest absolute Gasteiger partial charge is 0.348 e. The van der Waals surface area contributed by atoms with Gasteiger partial charge in [-0.1, -0.05) is 32.0 Å². The second kappa shape index (κ2) is 7.68. The molecule has 0 aromatic heterocycles. The monoisotopic (exact) mass is 345 g/mol. The average Bonchev–Trinajstić information content (AvgIpc) is 2.76. The third kappa shape index (κ3) is 4.59. The van der Waals surface area contributed by atoms with Gasteiger partial charge in [0, 0.05) is 0 Å². The fraction of sp³-hybridized carbons (Fsp3) is 0.526. The fourth-order valence-corrected chi connectivity index (χ4v) is 2.91. The molecule has 1 aromatic rings. The van der Waals surface area contributed by atoms with Crippen molar-refractivity contribution in [1.29, 1.82) is 0 Å². The number of nitrogens with zero attached hydrogens (tertiary/aromatic N) is 1. The van der Waals surface area contributed by atoms with Gasteiger partial charge < -0.3 is 10.6 Å². The maximum absolute atomic E-state index is 12.3. The van der Waals surface area contributed by atoms with Crippen molar-refractivity contribution in [2.45, 2.75) is 53.1 Å². The highest BCUT2D eigenvalue weighted by molar-refractivity contribution is 6.06. The average molecular weight is 345 g/mol. The van der Waals surface area contributed by atoms with Crippen molar-refractivity contribution in [2.24, 2.45) is 5.92 Å². The lowest BCUT2D eigenvalue weighted by atomic mass is 10.0. The highest BCUT2D eigenvalue weighted by Gasteiger charge is 2.39. The van der Waals surface area contributed by atoms with Gasteiger partial charge >= 0.3 is 6.03 Å². The molecule has 6 nitrogen and oxygen atoms in total. The number of carbonyl (C=O) groups excluding carboxylic acids is 3. The van der Waals surface area contributed by atoms with Gasteiger partial charge in [-0.15, -0.1) is 0 Å². The molecule has 1 heterocycles. The summed E-state index contributed by atoms with van der Waals surface area (Å²) in [6.07, 6.45) is 0.571. The molecule has 136 valence electrons. The molecule has 4 amide bonds. The van der Waals surface area contributed by atoms with Crippen LogP contribution in [0.1, 0.15) is 49.9 Å². The summed E-state index contributed by atoms with van der Waals surface area (Å²) in [5.74, 6) is -0.389. The van der Waals surface area contributed by atoms with Crippen LogP contribution in [0.2, 0.25) is 0 Å². The third-order valence-corrected chi connectivity index (χ3v) is 4.52. The Balaban J connectivity index is 1.96. The molecule has 1 fully saturated rings. The highest BCUT2D eigenvalue weighted by Crippen LogP contribution is 2.17. The number of benzene rings is 1. The predicted molar refractivity (Wildman–Crippen MR) is 96.0 cm³/mol. The Labute approximate surface area is 149 Å².